The maximum Gasteiger partial charge on any atom is 0.251 e. The highest BCUT2D eigenvalue weighted by atomic mass is 32.2. The molecular weight excluding hydrogens is 422 g/mol. The average molecular weight is 450 g/mol. The molecule has 1 aromatic heterocycles. The first-order chi connectivity index (χ1) is 14.5. The van der Waals surface area contributed by atoms with Crippen molar-refractivity contribution in [2.75, 3.05) is 26.7 Å². The SMILES string of the molecule is COc1ccc(C(=O)NCC(c2cccs2)N2CCCC2)cc1S(=O)(=O)NC1CC1. The molecule has 4 rings (SSSR count). The second-order valence-corrected chi connectivity index (χ2v) is 10.4. The normalized spacial score (nSPS) is 18.3. The van der Waals surface area contributed by atoms with E-state index in [1.54, 1.807) is 17.4 Å². The van der Waals surface area contributed by atoms with Crippen LogP contribution in [0.2, 0.25) is 0 Å². The van der Waals surface area contributed by atoms with Crippen LogP contribution in [0.25, 0.3) is 0 Å². The molecule has 1 unspecified atom stereocenters. The predicted octanol–water partition coefficient (Wildman–Crippen LogP) is 2.76. The number of hydrogen-bond donors (Lipinski definition) is 2. The number of methoxy groups -OCH3 is 1. The molecule has 0 bridgehead atoms. The quantitative estimate of drug-likeness (QED) is 0.615. The molecule has 1 saturated heterocycles. The van der Waals surface area contributed by atoms with Gasteiger partial charge < -0.3 is 10.1 Å². The van der Waals surface area contributed by atoms with Gasteiger partial charge in [0.25, 0.3) is 5.91 Å². The Labute approximate surface area is 181 Å². The van der Waals surface area contributed by atoms with Crippen LogP contribution >= 0.6 is 11.3 Å². The van der Waals surface area contributed by atoms with Gasteiger partial charge in [-0.25, -0.2) is 13.1 Å². The highest BCUT2D eigenvalue weighted by Crippen LogP contribution is 2.30. The summed E-state index contributed by atoms with van der Waals surface area (Å²) in [6, 6.07) is 8.77. The number of amides is 1. The summed E-state index contributed by atoms with van der Waals surface area (Å²) in [5.41, 5.74) is 0.304. The zero-order valence-electron chi connectivity index (χ0n) is 17.0. The largest absolute Gasteiger partial charge is 0.495 e. The summed E-state index contributed by atoms with van der Waals surface area (Å²) in [6.07, 6.45) is 4.01. The van der Waals surface area contributed by atoms with Gasteiger partial charge in [-0.05, 0) is 68.4 Å². The molecule has 2 aliphatic rings. The molecule has 162 valence electrons. The Morgan fingerprint density at radius 2 is 2.03 bits per heavy atom. The van der Waals surface area contributed by atoms with Crippen LogP contribution in [-0.4, -0.2) is 52.0 Å². The fourth-order valence-corrected chi connectivity index (χ4v) is 6.11. The number of likely N-dealkylation sites (tertiary alicyclic amines) is 1. The lowest BCUT2D eigenvalue weighted by molar-refractivity contribution is 0.0938. The topological polar surface area (TPSA) is 87.7 Å². The van der Waals surface area contributed by atoms with E-state index in [9.17, 15) is 13.2 Å². The Balaban J connectivity index is 1.50. The number of sulfonamides is 1. The molecular formula is C21H27N3O4S2. The predicted molar refractivity (Wildman–Crippen MR) is 117 cm³/mol. The van der Waals surface area contributed by atoms with Gasteiger partial charge in [0.2, 0.25) is 10.0 Å². The maximum absolute atomic E-state index is 12.9. The molecule has 1 aromatic carbocycles. The molecule has 7 nitrogen and oxygen atoms in total. The van der Waals surface area contributed by atoms with Crippen molar-refractivity contribution in [1.82, 2.24) is 14.9 Å². The number of nitrogens with one attached hydrogen (secondary N) is 2. The zero-order valence-corrected chi connectivity index (χ0v) is 18.6. The van der Waals surface area contributed by atoms with E-state index in [4.69, 9.17) is 4.74 Å². The lowest BCUT2D eigenvalue weighted by atomic mass is 10.1. The van der Waals surface area contributed by atoms with Crippen LogP contribution in [0.5, 0.6) is 5.75 Å². The average Bonchev–Trinajstić information content (AvgIpc) is 3.18. The fourth-order valence-electron chi connectivity index (χ4n) is 3.75. The Bertz CT molecular complexity index is 982. The molecule has 2 fully saturated rings. The Morgan fingerprint density at radius 3 is 2.67 bits per heavy atom. The fraction of sp³-hybridized carbons (Fsp3) is 0.476. The van der Waals surface area contributed by atoms with Gasteiger partial charge in [0.15, 0.2) is 0 Å². The number of nitrogens with zero attached hydrogens (tertiary/aromatic N) is 1. The van der Waals surface area contributed by atoms with Gasteiger partial charge in [-0.1, -0.05) is 6.07 Å². The van der Waals surface area contributed by atoms with E-state index in [0.717, 1.165) is 25.9 Å². The number of ether oxygens (including phenoxy) is 1. The molecule has 1 atom stereocenters. The molecule has 2 heterocycles. The number of benzene rings is 1. The Kier molecular flexibility index (Phi) is 6.43. The van der Waals surface area contributed by atoms with Gasteiger partial charge in [-0.2, -0.15) is 0 Å². The van der Waals surface area contributed by atoms with Gasteiger partial charge in [0.05, 0.1) is 13.2 Å². The Hall–Kier alpha value is -1.94. The molecule has 1 aliphatic carbocycles. The number of rotatable bonds is 9. The molecule has 1 amide bonds. The molecule has 0 spiro atoms. The minimum Gasteiger partial charge on any atom is -0.495 e. The summed E-state index contributed by atoms with van der Waals surface area (Å²) in [4.78, 5) is 16.5. The third-order valence-electron chi connectivity index (χ3n) is 5.52. The molecule has 9 heteroatoms. The summed E-state index contributed by atoms with van der Waals surface area (Å²) < 4.78 is 33.3. The maximum atomic E-state index is 12.9. The van der Waals surface area contributed by atoms with Crippen molar-refractivity contribution in [1.29, 1.82) is 0 Å². The van der Waals surface area contributed by atoms with Crippen LogP contribution in [0.1, 0.15) is 47.0 Å². The number of thiophene rings is 1. The van der Waals surface area contributed by atoms with E-state index in [0.29, 0.717) is 12.1 Å². The van der Waals surface area contributed by atoms with Gasteiger partial charge >= 0.3 is 0 Å². The summed E-state index contributed by atoms with van der Waals surface area (Å²) in [5, 5.41) is 5.05. The van der Waals surface area contributed by atoms with Gasteiger partial charge in [-0.15, -0.1) is 11.3 Å². The van der Waals surface area contributed by atoms with Gasteiger partial charge in [-0.3, -0.25) is 9.69 Å². The van der Waals surface area contributed by atoms with Crippen molar-refractivity contribution in [3.8, 4) is 5.75 Å². The van der Waals surface area contributed by atoms with Crippen molar-refractivity contribution in [2.45, 2.75) is 42.7 Å². The third kappa shape index (κ3) is 4.85. The summed E-state index contributed by atoms with van der Waals surface area (Å²) in [6.45, 7) is 2.53. The minimum absolute atomic E-state index is 0.00102. The van der Waals surface area contributed by atoms with Crippen LogP contribution in [0.4, 0.5) is 0 Å². The van der Waals surface area contributed by atoms with Gasteiger partial charge in [0.1, 0.15) is 10.6 Å². The van der Waals surface area contributed by atoms with Crippen LogP contribution in [0.3, 0.4) is 0 Å². The van der Waals surface area contributed by atoms with Crippen LogP contribution in [-0.2, 0) is 10.0 Å². The number of hydrogen-bond acceptors (Lipinski definition) is 6. The molecule has 2 N–H and O–H groups in total. The lowest BCUT2D eigenvalue weighted by Crippen LogP contribution is -2.36. The van der Waals surface area contributed by atoms with E-state index in [-0.39, 0.29) is 28.6 Å². The summed E-state index contributed by atoms with van der Waals surface area (Å²) in [7, 11) is -2.31. The molecule has 2 aromatic rings. The van der Waals surface area contributed by atoms with Crippen molar-refractivity contribution < 1.29 is 17.9 Å². The summed E-state index contributed by atoms with van der Waals surface area (Å²) >= 11 is 1.69. The monoisotopic (exact) mass is 449 g/mol. The third-order valence-corrected chi connectivity index (χ3v) is 8.04. The first-order valence-corrected chi connectivity index (χ1v) is 12.6. The molecule has 0 radical (unpaired) electrons. The smallest absolute Gasteiger partial charge is 0.251 e. The zero-order chi connectivity index (χ0) is 21.1. The first-order valence-electron chi connectivity index (χ1n) is 10.2. The van der Waals surface area contributed by atoms with E-state index in [1.807, 2.05) is 11.4 Å². The van der Waals surface area contributed by atoms with Crippen LogP contribution in [0, 0.1) is 0 Å². The minimum atomic E-state index is -3.74. The first kappa shape index (κ1) is 21.3. The highest BCUT2D eigenvalue weighted by Gasteiger charge is 2.30. The van der Waals surface area contributed by atoms with Crippen LogP contribution < -0.4 is 14.8 Å². The standard InChI is InChI=1S/C21H27N3O4S2/c1-28-18-9-6-15(13-20(18)30(26,27)23-16-7-8-16)21(25)22-14-17(19-5-4-12-29-19)24-10-2-3-11-24/h4-6,9,12-13,16-17,23H,2-3,7-8,10-11,14H2,1H3,(H,22,25). The second-order valence-electron chi connectivity index (χ2n) is 7.75. The van der Waals surface area contributed by atoms with Crippen molar-refractivity contribution in [2.24, 2.45) is 0 Å². The lowest BCUT2D eigenvalue weighted by Gasteiger charge is -2.27. The van der Waals surface area contributed by atoms with Crippen molar-refractivity contribution in [3.63, 3.8) is 0 Å². The summed E-state index contributed by atoms with van der Waals surface area (Å²) in [5.74, 6) is -0.0606. The van der Waals surface area contributed by atoms with E-state index < -0.39 is 10.0 Å². The number of carbonyl (C=O) groups excluding carboxylic acids is 1. The van der Waals surface area contributed by atoms with E-state index in [2.05, 4.69) is 21.0 Å². The second kappa shape index (κ2) is 9.05. The van der Waals surface area contributed by atoms with Crippen LogP contribution in [0.15, 0.2) is 40.6 Å². The molecule has 1 aliphatic heterocycles. The van der Waals surface area contributed by atoms with Crippen molar-refractivity contribution >= 4 is 27.3 Å². The number of carbonyl (C=O) groups is 1. The highest BCUT2D eigenvalue weighted by molar-refractivity contribution is 7.89. The Morgan fingerprint density at radius 1 is 1.27 bits per heavy atom. The van der Waals surface area contributed by atoms with E-state index in [1.165, 1.54) is 37.0 Å². The van der Waals surface area contributed by atoms with Gasteiger partial charge in [0, 0.05) is 23.0 Å². The van der Waals surface area contributed by atoms with E-state index >= 15 is 0 Å². The van der Waals surface area contributed by atoms with Crippen molar-refractivity contribution in [3.05, 3.63) is 46.2 Å². The molecule has 1 saturated carbocycles. The molecule has 30 heavy (non-hydrogen) atoms.